The molecule has 13 heavy (non-hydrogen) atoms. The number of hydrogen-bond acceptors (Lipinski definition) is 1. The van der Waals surface area contributed by atoms with E-state index in [4.69, 9.17) is 5.73 Å². The van der Waals surface area contributed by atoms with Crippen molar-refractivity contribution in [2.75, 3.05) is 0 Å². The first-order valence-electron chi connectivity index (χ1n) is 4.39. The predicted octanol–water partition coefficient (Wildman–Crippen LogP) is 3.62. The molecule has 1 fully saturated rings. The van der Waals surface area contributed by atoms with Crippen LogP contribution in [0.15, 0.2) is 27.1 Å². The topological polar surface area (TPSA) is 26.0 Å². The summed E-state index contributed by atoms with van der Waals surface area (Å²) in [6, 6.07) is 6.47. The third-order valence-electron chi connectivity index (χ3n) is 2.46. The van der Waals surface area contributed by atoms with E-state index in [0.29, 0.717) is 5.92 Å². The maximum absolute atomic E-state index is 6.08. The molecule has 0 bridgehead atoms. The number of rotatable bonds is 2. The first kappa shape index (κ1) is 9.69. The highest BCUT2D eigenvalue weighted by Crippen LogP contribution is 2.40. The highest BCUT2D eigenvalue weighted by Gasteiger charge is 2.29. The molecular formula is C10H11Br2N. The summed E-state index contributed by atoms with van der Waals surface area (Å²) in [5.41, 5.74) is 7.32. The summed E-state index contributed by atoms with van der Waals surface area (Å²) in [5.74, 6) is 0.716. The standard InChI is InChI=1S/C10H11Br2N/c11-8-4-3-7(5-9(8)12)10(13)6-1-2-6/h3-6,10H,1-2,13H2/t10-/m1/s1. The van der Waals surface area contributed by atoms with Crippen LogP contribution in [-0.4, -0.2) is 0 Å². The molecule has 0 amide bonds. The third-order valence-corrected chi connectivity index (χ3v) is 4.34. The second-order valence-corrected chi connectivity index (χ2v) is 5.25. The first-order valence-corrected chi connectivity index (χ1v) is 5.97. The van der Waals surface area contributed by atoms with Gasteiger partial charge in [-0.1, -0.05) is 6.07 Å². The molecule has 0 aromatic heterocycles. The van der Waals surface area contributed by atoms with Gasteiger partial charge in [0.1, 0.15) is 0 Å². The first-order chi connectivity index (χ1) is 6.18. The Bertz CT molecular complexity index is 321. The number of nitrogens with two attached hydrogens (primary N) is 1. The van der Waals surface area contributed by atoms with Crippen molar-refractivity contribution >= 4 is 31.9 Å². The lowest BCUT2D eigenvalue weighted by Crippen LogP contribution is -2.12. The number of halogens is 2. The molecule has 1 aromatic rings. The van der Waals surface area contributed by atoms with Gasteiger partial charge in [-0.05, 0) is 68.3 Å². The van der Waals surface area contributed by atoms with Crippen LogP contribution in [0.2, 0.25) is 0 Å². The van der Waals surface area contributed by atoms with Crippen LogP contribution in [0.1, 0.15) is 24.4 Å². The van der Waals surface area contributed by atoms with Crippen molar-refractivity contribution in [3.63, 3.8) is 0 Å². The molecule has 1 saturated carbocycles. The van der Waals surface area contributed by atoms with Crippen molar-refractivity contribution in [2.45, 2.75) is 18.9 Å². The molecule has 1 aliphatic rings. The molecule has 0 radical (unpaired) electrons. The van der Waals surface area contributed by atoms with E-state index >= 15 is 0 Å². The monoisotopic (exact) mass is 303 g/mol. The van der Waals surface area contributed by atoms with Crippen molar-refractivity contribution in [1.29, 1.82) is 0 Å². The molecule has 70 valence electrons. The minimum Gasteiger partial charge on any atom is -0.324 e. The molecule has 0 aliphatic heterocycles. The molecule has 0 saturated heterocycles. The van der Waals surface area contributed by atoms with Crippen molar-refractivity contribution in [2.24, 2.45) is 11.7 Å². The third kappa shape index (κ3) is 2.14. The SMILES string of the molecule is N[C@@H](c1ccc(Br)c(Br)c1)C1CC1. The summed E-state index contributed by atoms with van der Waals surface area (Å²) >= 11 is 6.92. The Morgan fingerprint density at radius 2 is 1.92 bits per heavy atom. The summed E-state index contributed by atoms with van der Waals surface area (Å²) in [6.07, 6.45) is 2.57. The van der Waals surface area contributed by atoms with Crippen LogP contribution < -0.4 is 5.73 Å². The summed E-state index contributed by atoms with van der Waals surface area (Å²) in [5, 5.41) is 0. The van der Waals surface area contributed by atoms with Gasteiger partial charge in [-0.2, -0.15) is 0 Å². The van der Waals surface area contributed by atoms with Gasteiger partial charge in [0.2, 0.25) is 0 Å². The van der Waals surface area contributed by atoms with Gasteiger partial charge in [0, 0.05) is 15.0 Å². The largest absolute Gasteiger partial charge is 0.324 e. The fraction of sp³-hybridized carbons (Fsp3) is 0.400. The molecule has 1 aromatic carbocycles. The fourth-order valence-corrected chi connectivity index (χ4v) is 2.09. The van der Waals surface area contributed by atoms with Crippen LogP contribution in [0.3, 0.4) is 0 Å². The van der Waals surface area contributed by atoms with E-state index in [-0.39, 0.29) is 6.04 Å². The van der Waals surface area contributed by atoms with Crippen LogP contribution in [0.25, 0.3) is 0 Å². The van der Waals surface area contributed by atoms with Gasteiger partial charge < -0.3 is 5.73 Å². The van der Waals surface area contributed by atoms with Gasteiger partial charge in [-0.15, -0.1) is 0 Å². The Morgan fingerprint density at radius 3 is 2.46 bits per heavy atom. The normalized spacial score (nSPS) is 18.7. The van der Waals surface area contributed by atoms with Gasteiger partial charge in [0.25, 0.3) is 0 Å². The maximum Gasteiger partial charge on any atom is 0.0323 e. The Hall–Kier alpha value is 0.140. The molecule has 0 heterocycles. The summed E-state index contributed by atoms with van der Waals surface area (Å²) < 4.78 is 2.17. The zero-order chi connectivity index (χ0) is 9.42. The minimum absolute atomic E-state index is 0.226. The molecule has 1 atom stereocenters. The lowest BCUT2D eigenvalue weighted by Gasteiger charge is -2.11. The van der Waals surface area contributed by atoms with E-state index in [1.807, 2.05) is 6.07 Å². The van der Waals surface area contributed by atoms with Crippen LogP contribution in [-0.2, 0) is 0 Å². The lowest BCUT2D eigenvalue weighted by atomic mass is 10.0. The number of benzene rings is 1. The molecule has 2 rings (SSSR count). The minimum atomic E-state index is 0.226. The molecule has 2 N–H and O–H groups in total. The highest BCUT2D eigenvalue weighted by atomic mass is 79.9. The van der Waals surface area contributed by atoms with E-state index in [1.165, 1.54) is 18.4 Å². The van der Waals surface area contributed by atoms with Gasteiger partial charge >= 0.3 is 0 Å². The smallest absolute Gasteiger partial charge is 0.0323 e. The van der Waals surface area contributed by atoms with E-state index in [9.17, 15) is 0 Å². The lowest BCUT2D eigenvalue weighted by molar-refractivity contribution is 0.633. The van der Waals surface area contributed by atoms with E-state index in [1.54, 1.807) is 0 Å². The van der Waals surface area contributed by atoms with Crippen molar-refractivity contribution in [3.8, 4) is 0 Å². The Morgan fingerprint density at radius 1 is 1.23 bits per heavy atom. The van der Waals surface area contributed by atoms with Gasteiger partial charge in [-0.25, -0.2) is 0 Å². The zero-order valence-electron chi connectivity index (χ0n) is 7.13. The van der Waals surface area contributed by atoms with E-state index < -0.39 is 0 Å². The molecule has 0 unspecified atom stereocenters. The summed E-state index contributed by atoms with van der Waals surface area (Å²) in [6.45, 7) is 0. The van der Waals surface area contributed by atoms with Crippen molar-refractivity contribution in [1.82, 2.24) is 0 Å². The van der Waals surface area contributed by atoms with Crippen LogP contribution >= 0.6 is 31.9 Å². The van der Waals surface area contributed by atoms with Gasteiger partial charge in [-0.3, -0.25) is 0 Å². The van der Waals surface area contributed by atoms with Crippen LogP contribution in [0, 0.1) is 5.92 Å². The fourth-order valence-electron chi connectivity index (χ4n) is 1.45. The average molecular weight is 305 g/mol. The number of hydrogen-bond donors (Lipinski definition) is 1. The Kier molecular flexibility index (Phi) is 2.77. The van der Waals surface area contributed by atoms with E-state index in [2.05, 4.69) is 44.0 Å². The van der Waals surface area contributed by atoms with Crippen molar-refractivity contribution in [3.05, 3.63) is 32.7 Å². The predicted molar refractivity (Wildman–Crippen MR) is 61.5 cm³/mol. The highest BCUT2D eigenvalue weighted by molar-refractivity contribution is 9.13. The summed E-state index contributed by atoms with van der Waals surface area (Å²) in [7, 11) is 0. The summed E-state index contributed by atoms with van der Waals surface area (Å²) in [4.78, 5) is 0. The van der Waals surface area contributed by atoms with Gasteiger partial charge in [0.15, 0.2) is 0 Å². The van der Waals surface area contributed by atoms with Crippen LogP contribution in [0.5, 0.6) is 0 Å². The molecule has 3 heteroatoms. The zero-order valence-corrected chi connectivity index (χ0v) is 10.3. The molecule has 0 spiro atoms. The molecule has 1 aliphatic carbocycles. The quantitative estimate of drug-likeness (QED) is 0.887. The molecule has 1 nitrogen and oxygen atoms in total. The average Bonchev–Trinajstić information content (AvgIpc) is 2.91. The van der Waals surface area contributed by atoms with Crippen molar-refractivity contribution < 1.29 is 0 Å². The molecular weight excluding hydrogens is 294 g/mol. The maximum atomic E-state index is 6.08. The second-order valence-electron chi connectivity index (χ2n) is 3.54. The Labute approximate surface area is 95.0 Å². The Balaban J connectivity index is 2.24. The van der Waals surface area contributed by atoms with Gasteiger partial charge in [0.05, 0.1) is 0 Å². The van der Waals surface area contributed by atoms with E-state index in [0.717, 1.165) is 8.95 Å². The second kappa shape index (κ2) is 3.71. The van der Waals surface area contributed by atoms with Crippen LogP contribution in [0.4, 0.5) is 0 Å².